The average molecular weight is 463 g/mol. The quantitative estimate of drug-likeness (QED) is 0.415. The lowest BCUT2D eigenvalue weighted by Crippen LogP contribution is -2.20. The van der Waals surface area contributed by atoms with Crippen LogP contribution in [0.2, 0.25) is 5.02 Å². The summed E-state index contributed by atoms with van der Waals surface area (Å²) in [5.74, 6) is 1.36. The Morgan fingerprint density at radius 3 is 2.70 bits per heavy atom. The first-order valence-corrected chi connectivity index (χ1v) is 10.3. The number of anilines is 2. The maximum Gasteiger partial charge on any atom is 0.227 e. The van der Waals surface area contributed by atoms with Crippen LogP contribution in [0.1, 0.15) is 12.5 Å². The van der Waals surface area contributed by atoms with Crippen LogP contribution in [0.3, 0.4) is 0 Å². The number of benzene rings is 2. The van der Waals surface area contributed by atoms with Crippen LogP contribution in [0.5, 0.6) is 11.5 Å². The Hall–Kier alpha value is -4.23. The molecule has 0 spiro atoms. The summed E-state index contributed by atoms with van der Waals surface area (Å²) in [6.07, 6.45) is 4.61. The molecule has 1 N–H and O–H groups in total. The van der Waals surface area contributed by atoms with Crippen molar-refractivity contribution in [2.75, 3.05) is 12.4 Å². The van der Waals surface area contributed by atoms with E-state index in [0.29, 0.717) is 40.3 Å². The van der Waals surface area contributed by atoms with E-state index >= 15 is 0 Å². The predicted molar refractivity (Wildman–Crippen MR) is 121 cm³/mol. The van der Waals surface area contributed by atoms with Crippen molar-refractivity contribution < 1.29 is 9.47 Å². The van der Waals surface area contributed by atoms with Gasteiger partial charge in [-0.2, -0.15) is 5.26 Å². The molecule has 0 saturated carbocycles. The highest BCUT2D eigenvalue weighted by atomic mass is 35.5. The van der Waals surface area contributed by atoms with Crippen LogP contribution in [-0.4, -0.2) is 43.4 Å². The molecule has 0 amide bonds. The molecule has 0 fully saturated rings. The normalized spacial score (nSPS) is 11.5. The number of tetrazole rings is 1. The molecule has 2 aromatic carbocycles. The average Bonchev–Trinajstić information content (AvgIpc) is 3.32. The van der Waals surface area contributed by atoms with Crippen molar-refractivity contribution in [2.45, 2.75) is 19.6 Å². The van der Waals surface area contributed by atoms with Crippen LogP contribution in [0.25, 0.3) is 11.1 Å². The molecular formula is C22H19ClN8O2. The largest absolute Gasteiger partial charge is 0.493 e. The summed E-state index contributed by atoms with van der Waals surface area (Å²) in [4.78, 5) is 8.77. The third kappa shape index (κ3) is 5.16. The lowest BCUT2D eigenvalue weighted by atomic mass is 10.1. The molecule has 2 heterocycles. The van der Waals surface area contributed by atoms with Crippen molar-refractivity contribution in [1.29, 1.82) is 5.26 Å². The smallest absolute Gasteiger partial charge is 0.227 e. The van der Waals surface area contributed by atoms with Crippen molar-refractivity contribution >= 4 is 23.2 Å². The number of methoxy groups -OCH3 is 1. The number of halogens is 1. The molecule has 166 valence electrons. The summed E-state index contributed by atoms with van der Waals surface area (Å²) >= 11 is 6.16. The van der Waals surface area contributed by atoms with Gasteiger partial charge >= 0.3 is 0 Å². The SMILES string of the molecule is COc1c(Cl)cccc1Nc1ncc(-c2ccc(C#N)c(O[C@@H](C)Cn3cnnn3)c2)cn1. The minimum atomic E-state index is -0.258. The van der Waals surface area contributed by atoms with Crippen molar-refractivity contribution in [2.24, 2.45) is 0 Å². The topological polar surface area (TPSA) is 124 Å². The van der Waals surface area contributed by atoms with Gasteiger partial charge < -0.3 is 14.8 Å². The number of hydrogen-bond donors (Lipinski definition) is 1. The fourth-order valence-corrected chi connectivity index (χ4v) is 3.40. The first-order valence-electron chi connectivity index (χ1n) is 9.91. The lowest BCUT2D eigenvalue weighted by Gasteiger charge is -2.16. The number of nitrogens with zero attached hydrogens (tertiary/aromatic N) is 7. The van der Waals surface area contributed by atoms with Gasteiger partial charge in [0.2, 0.25) is 5.95 Å². The molecule has 4 aromatic rings. The summed E-state index contributed by atoms with van der Waals surface area (Å²) in [6, 6.07) is 12.8. The zero-order valence-corrected chi connectivity index (χ0v) is 18.6. The summed E-state index contributed by atoms with van der Waals surface area (Å²) in [6.45, 7) is 2.32. The van der Waals surface area contributed by atoms with Crippen molar-refractivity contribution in [3.8, 4) is 28.7 Å². The van der Waals surface area contributed by atoms with E-state index in [1.165, 1.54) is 6.33 Å². The summed E-state index contributed by atoms with van der Waals surface area (Å²) in [5, 5.41) is 24.1. The summed E-state index contributed by atoms with van der Waals surface area (Å²) < 4.78 is 12.9. The Bertz CT molecular complexity index is 1270. The van der Waals surface area contributed by atoms with Crippen LogP contribution in [0, 0.1) is 11.3 Å². The Kier molecular flexibility index (Phi) is 6.61. The number of hydrogen-bond acceptors (Lipinski definition) is 9. The van der Waals surface area contributed by atoms with Gasteiger partial charge in [-0.25, -0.2) is 14.6 Å². The van der Waals surface area contributed by atoms with E-state index in [0.717, 1.165) is 11.1 Å². The number of para-hydroxylation sites is 1. The van der Waals surface area contributed by atoms with E-state index in [-0.39, 0.29) is 6.10 Å². The van der Waals surface area contributed by atoms with Crippen LogP contribution >= 0.6 is 11.6 Å². The van der Waals surface area contributed by atoms with Gasteiger partial charge in [0.25, 0.3) is 0 Å². The van der Waals surface area contributed by atoms with E-state index in [4.69, 9.17) is 21.1 Å². The summed E-state index contributed by atoms with van der Waals surface area (Å²) in [7, 11) is 1.55. The second-order valence-corrected chi connectivity index (χ2v) is 7.43. The van der Waals surface area contributed by atoms with E-state index < -0.39 is 0 Å². The molecule has 10 nitrogen and oxygen atoms in total. The standard InChI is InChI=1S/C22H19ClN8O2/c1-14(12-31-13-27-29-30-31)33-20-8-15(6-7-16(20)9-24)17-10-25-22(26-11-17)28-19-5-3-4-18(23)21(19)32-2/h3-8,10-11,13-14H,12H2,1-2H3,(H,25,26,28)/t14-/m0/s1. The third-order valence-electron chi connectivity index (χ3n) is 4.67. The number of aromatic nitrogens is 6. The highest BCUT2D eigenvalue weighted by Crippen LogP contribution is 2.34. The first kappa shape index (κ1) is 22.0. The number of ether oxygens (including phenoxy) is 2. The Morgan fingerprint density at radius 1 is 1.18 bits per heavy atom. The van der Waals surface area contributed by atoms with Gasteiger partial charge in [-0.15, -0.1) is 5.10 Å². The van der Waals surface area contributed by atoms with E-state index in [1.54, 1.807) is 48.5 Å². The van der Waals surface area contributed by atoms with Gasteiger partial charge in [0, 0.05) is 18.0 Å². The zero-order chi connectivity index (χ0) is 23.2. The van der Waals surface area contributed by atoms with Gasteiger partial charge in [0.15, 0.2) is 5.75 Å². The van der Waals surface area contributed by atoms with Crippen LogP contribution < -0.4 is 14.8 Å². The number of nitrogens with one attached hydrogen (secondary N) is 1. The van der Waals surface area contributed by atoms with Gasteiger partial charge in [-0.3, -0.25) is 0 Å². The van der Waals surface area contributed by atoms with Crippen LogP contribution in [0.15, 0.2) is 55.1 Å². The second-order valence-electron chi connectivity index (χ2n) is 7.02. The molecule has 0 unspecified atom stereocenters. The molecular weight excluding hydrogens is 444 g/mol. The van der Waals surface area contributed by atoms with Crippen LogP contribution in [-0.2, 0) is 6.54 Å². The maximum atomic E-state index is 9.47. The molecule has 0 saturated heterocycles. The molecule has 1 atom stereocenters. The molecule has 0 aliphatic heterocycles. The second kappa shape index (κ2) is 9.93. The lowest BCUT2D eigenvalue weighted by molar-refractivity contribution is 0.192. The van der Waals surface area contributed by atoms with Gasteiger partial charge in [-0.05, 0) is 47.2 Å². The molecule has 33 heavy (non-hydrogen) atoms. The predicted octanol–water partition coefficient (Wildman–Crippen LogP) is 3.87. The highest BCUT2D eigenvalue weighted by molar-refractivity contribution is 6.32. The zero-order valence-electron chi connectivity index (χ0n) is 17.8. The van der Waals surface area contributed by atoms with E-state index in [1.807, 2.05) is 19.1 Å². The Morgan fingerprint density at radius 2 is 2.00 bits per heavy atom. The molecule has 0 aliphatic rings. The molecule has 0 radical (unpaired) electrons. The Labute approximate surface area is 194 Å². The molecule has 2 aromatic heterocycles. The van der Waals surface area contributed by atoms with Gasteiger partial charge in [0.05, 0.1) is 29.9 Å². The highest BCUT2D eigenvalue weighted by Gasteiger charge is 2.13. The van der Waals surface area contributed by atoms with Gasteiger partial charge in [-0.1, -0.05) is 23.7 Å². The third-order valence-corrected chi connectivity index (χ3v) is 4.97. The first-order chi connectivity index (χ1) is 16.1. The van der Waals surface area contributed by atoms with Crippen molar-refractivity contribution in [1.82, 2.24) is 30.2 Å². The van der Waals surface area contributed by atoms with E-state index in [2.05, 4.69) is 36.9 Å². The minimum Gasteiger partial charge on any atom is -0.493 e. The van der Waals surface area contributed by atoms with Crippen LogP contribution in [0.4, 0.5) is 11.6 Å². The Balaban J connectivity index is 1.52. The summed E-state index contributed by atoms with van der Waals surface area (Å²) in [5.41, 5.74) is 2.66. The van der Waals surface area contributed by atoms with Crippen molar-refractivity contribution in [3.05, 3.63) is 65.7 Å². The molecule has 0 aliphatic carbocycles. The molecule has 11 heteroatoms. The number of rotatable bonds is 8. The maximum absolute atomic E-state index is 9.47. The fraction of sp³-hybridized carbons (Fsp3) is 0.182. The van der Waals surface area contributed by atoms with E-state index in [9.17, 15) is 5.26 Å². The van der Waals surface area contributed by atoms with Gasteiger partial charge in [0.1, 0.15) is 24.3 Å². The number of nitriles is 1. The fourth-order valence-electron chi connectivity index (χ4n) is 3.15. The monoisotopic (exact) mass is 462 g/mol. The molecule has 0 bridgehead atoms. The molecule has 4 rings (SSSR count). The van der Waals surface area contributed by atoms with Crippen molar-refractivity contribution in [3.63, 3.8) is 0 Å². The minimum absolute atomic E-state index is 0.258.